The molecule has 4 aliphatic rings. The van der Waals surface area contributed by atoms with E-state index < -0.39 is 0 Å². The first-order chi connectivity index (χ1) is 24.1. The van der Waals surface area contributed by atoms with Gasteiger partial charge in [0.2, 0.25) is 5.91 Å². The first kappa shape index (κ1) is 38.9. The third-order valence-electron chi connectivity index (χ3n) is 10.1. The Labute approximate surface area is 299 Å². The Morgan fingerprint density at radius 1 is 1.02 bits per heavy atom. The van der Waals surface area contributed by atoms with Crippen LogP contribution in [0.5, 0.6) is 5.75 Å². The van der Waals surface area contributed by atoms with E-state index in [4.69, 9.17) is 15.2 Å². The van der Waals surface area contributed by atoms with Gasteiger partial charge in [-0.05, 0) is 76.3 Å². The van der Waals surface area contributed by atoms with Crippen molar-refractivity contribution in [3.63, 3.8) is 0 Å². The van der Waals surface area contributed by atoms with E-state index in [1.54, 1.807) is 29.3 Å². The number of methoxy groups -OCH3 is 2. The van der Waals surface area contributed by atoms with Gasteiger partial charge in [0.15, 0.2) is 0 Å². The van der Waals surface area contributed by atoms with Crippen LogP contribution in [0.15, 0.2) is 47.6 Å². The number of carbonyl (C=O) groups is 2. The predicted molar refractivity (Wildman–Crippen MR) is 201 cm³/mol. The maximum Gasteiger partial charge on any atom is 0.409 e. The molecule has 274 valence electrons. The van der Waals surface area contributed by atoms with Gasteiger partial charge in [0.1, 0.15) is 5.75 Å². The zero-order chi connectivity index (χ0) is 36.1. The number of amides is 2. The number of aryl methyl sites for hydroxylation is 1. The Balaban J connectivity index is 0.000000183. The number of carbonyl (C=O) groups excluding carboxylic acids is 2. The summed E-state index contributed by atoms with van der Waals surface area (Å²) >= 11 is 0. The van der Waals surface area contributed by atoms with Gasteiger partial charge in [0.25, 0.3) is 0 Å². The molecule has 2 amide bonds. The molecule has 50 heavy (non-hydrogen) atoms. The summed E-state index contributed by atoms with van der Waals surface area (Å²) in [6.07, 6.45) is 15.5. The quantitative estimate of drug-likeness (QED) is 0.298. The number of ether oxygens (including phenoxy) is 3. The van der Waals surface area contributed by atoms with E-state index in [-0.39, 0.29) is 24.0 Å². The number of aliphatic imine (C=N–C) groups is 1. The van der Waals surface area contributed by atoms with E-state index in [9.17, 15) is 9.59 Å². The van der Waals surface area contributed by atoms with Gasteiger partial charge in [-0.3, -0.25) is 14.8 Å². The molecule has 4 fully saturated rings. The lowest BCUT2D eigenvalue weighted by atomic mass is 9.78. The molecule has 10 heteroatoms. The highest BCUT2D eigenvalue weighted by Crippen LogP contribution is 2.37. The van der Waals surface area contributed by atoms with Crippen molar-refractivity contribution < 1.29 is 23.8 Å². The molecule has 0 atom stereocenters. The van der Waals surface area contributed by atoms with Crippen molar-refractivity contribution >= 4 is 29.5 Å². The fourth-order valence-corrected chi connectivity index (χ4v) is 7.09. The van der Waals surface area contributed by atoms with Gasteiger partial charge < -0.3 is 29.7 Å². The van der Waals surface area contributed by atoms with Gasteiger partial charge in [-0.15, -0.1) is 0 Å². The third-order valence-corrected chi connectivity index (χ3v) is 10.1. The molecule has 2 saturated carbocycles. The highest BCUT2D eigenvalue weighted by atomic mass is 16.5. The van der Waals surface area contributed by atoms with Crippen molar-refractivity contribution in [3.05, 3.63) is 59.5 Å². The molecule has 1 spiro atoms. The number of nitrogens with two attached hydrogens (primary N) is 1. The summed E-state index contributed by atoms with van der Waals surface area (Å²) in [5.74, 6) is 1.97. The van der Waals surface area contributed by atoms with Gasteiger partial charge in [-0.1, -0.05) is 50.7 Å². The molecule has 2 N–H and O–H groups in total. The van der Waals surface area contributed by atoms with E-state index in [0.29, 0.717) is 11.3 Å². The standard InChI is InChI=1S/C20H29N3O.C13H19NO.C7H11NO3/c1-15(2)22-14-18(13-21)17-10-7-11-19(12-17)23(3)20(24)16-8-5-4-6-9-16;1-10-13(15-2)9-8-12(14-10)11-6-4-3-5-7-11;1-10-6(9)8-2-7(3-8)4-11-5-7/h7,10-16H,4-6,8-9,21H2,1-3H3;8-9,11H,3-7H2,1-2H3;2-5H2,1H3/b18-13+,22-14?;;. The maximum atomic E-state index is 12.7. The molecule has 2 aromatic rings. The van der Waals surface area contributed by atoms with E-state index in [1.165, 1.54) is 51.3 Å². The lowest BCUT2D eigenvalue weighted by Gasteiger charge is -2.54. The lowest BCUT2D eigenvalue weighted by molar-refractivity contribution is -0.179. The Kier molecular flexibility index (Phi) is 14.7. The van der Waals surface area contributed by atoms with Gasteiger partial charge in [-0.2, -0.15) is 0 Å². The fourth-order valence-electron chi connectivity index (χ4n) is 7.09. The second kappa shape index (κ2) is 18.9. The average molecular weight is 690 g/mol. The molecule has 1 aromatic heterocycles. The summed E-state index contributed by atoms with van der Waals surface area (Å²) in [5.41, 5.74) is 11.1. The largest absolute Gasteiger partial charge is 0.495 e. The summed E-state index contributed by atoms with van der Waals surface area (Å²) in [6, 6.07) is 12.3. The second-order valence-corrected chi connectivity index (χ2v) is 14.5. The van der Waals surface area contributed by atoms with Crippen LogP contribution in [0, 0.1) is 18.3 Å². The second-order valence-electron chi connectivity index (χ2n) is 14.5. The number of hydrogen-bond donors (Lipinski definition) is 1. The average Bonchev–Trinajstić information content (AvgIpc) is 3.11. The van der Waals surface area contributed by atoms with Gasteiger partial charge in [0, 0.05) is 67.4 Å². The molecule has 0 radical (unpaired) electrons. The fraction of sp³-hybridized carbons (Fsp3) is 0.600. The van der Waals surface area contributed by atoms with E-state index >= 15 is 0 Å². The Bertz CT molecular complexity index is 1450. The molecule has 2 aliphatic heterocycles. The minimum Gasteiger partial charge on any atom is -0.495 e. The maximum absolute atomic E-state index is 12.7. The van der Waals surface area contributed by atoms with Crippen LogP contribution >= 0.6 is 0 Å². The highest BCUT2D eigenvalue weighted by Gasteiger charge is 2.51. The lowest BCUT2D eigenvalue weighted by Crippen LogP contribution is -2.67. The molecule has 1 aromatic carbocycles. The van der Waals surface area contributed by atoms with Gasteiger partial charge in [-0.25, -0.2) is 4.79 Å². The van der Waals surface area contributed by atoms with Crippen LogP contribution in [-0.2, 0) is 14.3 Å². The predicted octanol–water partition coefficient (Wildman–Crippen LogP) is 7.54. The van der Waals surface area contributed by atoms with Crippen molar-refractivity contribution in [2.75, 3.05) is 52.5 Å². The number of aromatic nitrogens is 1. The first-order valence-electron chi connectivity index (χ1n) is 18.3. The summed E-state index contributed by atoms with van der Waals surface area (Å²) < 4.78 is 14.8. The van der Waals surface area contributed by atoms with Crippen molar-refractivity contribution in [3.8, 4) is 5.75 Å². The highest BCUT2D eigenvalue weighted by molar-refractivity contribution is 6.10. The van der Waals surface area contributed by atoms with E-state index in [2.05, 4.69) is 20.8 Å². The van der Waals surface area contributed by atoms with Crippen molar-refractivity contribution in [1.82, 2.24) is 9.88 Å². The first-order valence-corrected chi connectivity index (χ1v) is 18.3. The molecule has 3 heterocycles. The van der Waals surface area contributed by atoms with Crippen molar-refractivity contribution in [1.29, 1.82) is 0 Å². The molecule has 2 aliphatic carbocycles. The normalized spacial score (nSPS) is 19.0. The number of benzene rings is 1. The number of hydrogen-bond acceptors (Lipinski definition) is 8. The Hall–Kier alpha value is -3.92. The van der Waals surface area contributed by atoms with E-state index in [1.807, 2.05) is 58.2 Å². The Morgan fingerprint density at radius 3 is 2.22 bits per heavy atom. The van der Waals surface area contributed by atoms with Crippen LogP contribution in [-0.4, -0.2) is 81.7 Å². The van der Waals surface area contributed by atoms with Gasteiger partial charge in [0.05, 0.1) is 38.5 Å². The van der Waals surface area contributed by atoms with Gasteiger partial charge >= 0.3 is 6.09 Å². The van der Waals surface area contributed by atoms with Crippen molar-refractivity contribution in [2.24, 2.45) is 22.1 Å². The zero-order valence-electron chi connectivity index (χ0n) is 31.2. The third kappa shape index (κ3) is 10.5. The minimum absolute atomic E-state index is 0.166. The zero-order valence-corrected chi connectivity index (χ0v) is 31.2. The molecular weight excluding hydrogens is 630 g/mol. The Morgan fingerprint density at radius 2 is 1.68 bits per heavy atom. The number of rotatable bonds is 7. The topological polar surface area (TPSA) is 120 Å². The van der Waals surface area contributed by atoms with Crippen LogP contribution < -0.4 is 15.4 Å². The molecule has 0 unspecified atom stereocenters. The minimum atomic E-state index is -0.220. The number of nitrogens with zero attached hydrogens (tertiary/aromatic N) is 4. The summed E-state index contributed by atoms with van der Waals surface area (Å²) in [4.78, 5) is 36.1. The molecule has 2 saturated heterocycles. The van der Waals surface area contributed by atoms with Crippen LogP contribution in [0.3, 0.4) is 0 Å². The smallest absolute Gasteiger partial charge is 0.409 e. The van der Waals surface area contributed by atoms with Crippen LogP contribution in [0.2, 0.25) is 0 Å². The van der Waals surface area contributed by atoms with Crippen molar-refractivity contribution in [2.45, 2.75) is 96.9 Å². The SMILES string of the molecule is CC(C)N=C/C(=C\N)c1cccc(N(C)C(=O)C2CCCCC2)c1.COC(=O)N1CC2(COC2)C1.COc1ccc(C2CCCCC2)nc1C. The number of allylic oxidation sites excluding steroid dienone is 1. The molecule has 10 nitrogen and oxygen atoms in total. The monoisotopic (exact) mass is 689 g/mol. The summed E-state index contributed by atoms with van der Waals surface area (Å²) in [6.45, 7) is 9.29. The van der Waals surface area contributed by atoms with Crippen LogP contribution in [0.25, 0.3) is 5.57 Å². The summed E-state index contributed by atoms with van der Waals surface area (Å²) in [7, 11) is 4.97. The molecule has 6 rings (SSSR count). The molecule has 0 bridgehead atoms. The van der Waals surface area contributed by atoms with E-state index in [0.717, 1.165) is 80.3 Å². The molecular formula is C40H59N5O5. The van der Waals surface area contributed by atoms with Crippen LogP contribution in [0.4, 0.5) is 10.5 Å². The van der Waals surface area contributed by atoms with Crippen LogP contribution in [0.1, 0.15) is 101 Å². The summed E-state index contributed by atoms with van der Waals surface area (Å²) in [5, 5.41) is 0. The number of anilines is 1. The number of likely N-dealkylation sites (tertiary alicyclic amines) is 1. The number of pyridine rings is 1.